The number of nitrogens with one attached hydrogen (secondary N) is 1. The number of hydrogen-bond acceptors (Lipinski definition) is 6. The minimum atomic E-state index is -1.42. The van der Waals surface area contributed by atoms with Crippen molar-refractivity contribution in [2.45, 2.75) is 45.1 Å². The molecule has 0 radical (unpaired) electrons. The van der Waals surface area contributed by atoms with Crippen LogP contribution in [-0.2, 0) is 28.7 Å². The van der Waals surface area contributed by atoms with Gasteiger partial charge in [0.1, 0.15) is 6.04 Å². The molecule has 1 saturated carbocycles. The Morgan fingerprint density at radius 3 is 2.00 bits per heavy atom. The molecule has 1 fully saturated rings. The Morgan fingerprint density at radius 2 is 1.58 bits per heavy atom. The van der Waals surface area contributed by atoms with Crippen LogP contribution in [0.4, 0.5) is 0 Å². The van der Waals surface area contributed by atoms with Gasteiger partial charge >= 0.3 is 17.9 Å². The van der Waals surface area contributed by atoms with E-state index in [0.29, 0.717) is 0 Å². The molecular formula is C16H25NO7. The molecule has 1 rings (SSSR count). The Bertz CT molecular complexity index is 469. The van der Waals surface area contributed by atoms with Crippen LogP contribution < -0.4 is 5.32 Å². The van der Waals surface area contributed by atoms with Gasteiger partial charge in [-0.25, -0.2) is 4.79 Å². The third kappa shape index (κ3) is 5.21. The molecule has 1 aliphatic carbocycles. The van der Waals surface area contributed by atoms with E-state index >= 15 is 0 Å². The zero-order valence-corrected chi connectivity index (χ0v) is 14.2. The maximum absolute atomic E-state index is 12.1. The van der Waals surface area contributed by atoms with Gasteiger partial charge in [0.2, 0.25) is 5.91 Å². The molecule has 8 nitrogen and oxygen atoms in total. The van der Waals surface area contributed by atoms with Crippen molar-refractivity contribution in [1.82, 2.24) is 5.32 Å². The van der Waals surface area contributed by atoms with Crippen molar-refractivity contribution in [3.63, 3.8) is 0 Å². The average Bonchev–Trinajstić information content (AvgIpc) is 3.04. The highest BCUT2D eigenvalue weighted by Gasteiger charge is 2.42. The fraction of sp³-hybridized carbons (Fsp3) is 0.750. The van der Waals surface area contributed by atoms with E-state index < -0.39 is 41.7 Å². The van der Waals surface area contributed by atoms with Gasteiger partial charge in [0, 0.05) is 12.3 Å². The summed E-state index contributed by atoms with van der Waals surface area (Å²) in [5, 5.41) is 11.8. The standard InChI is InChI=1S/C16H25NO7/c1-9(12(15(21)23-2)16(22)24-3)13(14(19)20)17-11(18)8-10-6-4-5-7-10/h9-10,12-13H,4-8H2,1-3H3,(H,17,18)(H,19,20)/t9-,13-/m0/s1. The van der Waals surface area contributed by atoms with Gasteiger partial charge in [0.15, 0.2) is 5.92 Å². The third-order valence-corrected chi connectivity index (χ3v) is 4.49. The van der Waals surface area contributed by atoms with Crippen molar-refractivity contribution in [3.05, 3.63) is 0 Å². The number of carbonyl (C=O) groups excluding carboxylic acids is 3. The maximum Gasteiger partial charge on any atom is 0.326 e. The predicted molar refractivity (Wildman–Crippen MR) is 82.8 cm³/mol. The van der Waals surface area contributed by atoms with E-state index in [1.54, 1.807) is 0 Å². The molecule has 24 heavy (non-hydrogen) atoms. The van der Waals surface area contributed by atoms with Crippen LogP contribution in [0.25, 0.3) is 0 Å². The summed E-state index contributed by atoms with van der Waals surface area (Å²) in [5.74, 6) is -5.69. The number of esters is 2. The number of carboxylic acids is 1. The predicted octanol–water partition coefficient (Wildman–Crippen LogP) is 0.734. The molecule has 1 amide bonds. The second kappa shape index (κ2) is 9.24. The fourth-order valence-electron chi connectivity index (χ4n) is 3.10. The summed E-state index contributed by atoms with van der Waals surface area (Å²) in [6.45, 7) is 1.40. The third-order valence-electron chi connectivity index (χ3n) is 4.49. The topological polar surface area (TPSA) is 119 Å². The first-order chi connectivity index (χ1) is 11.3. The largest absolute Gasteiger partial charge is 0.480 e. The van der Waals surface area contributed by atoms with E-state index in [4.69, 9.17) is 0 Å². The van der Waals surface area contributed by atoms with E-state index in [-0.39, 0.29) is 12.3 Å². The summed E-state index contributed by atoms with van der Waals surface area (Å²) in [4.78, 5) is 47.3. The molecule has 1 aliphatic rings. The number of aliphatic carboxylic acids is 1. The molecule has 0 saturated heterocycles. The first-order valence-electron chi connectivity index (χ1n) is 7.99. The highest BCUT2D eigenvalue weighted by atomic mass is 16.5. The van der Waals surface area contributed by atoms with Gasteiger partial charge in [0.25, 0.3) is 0 Å². The first kappa shape index (κ1) is 19.9. The lowest BCUT2D eigenvalue weighted by atomic mass is 9.87. The summed E-state index contributed by atoms with van der Waals surface area (Å²) in [5.41, 5.74) is 0. The molecule has 0 heterocycles. The lowest BCUT2D eigenvalue weighted by Crippen LogP contribution is -2.50. The molecule has 2 N–H and O–H groups in total. The monoisotopic (exact) mass is 343 g/mol. The molecule has 0 aromatic heterocycles. The Morgan fingerprint density at radius 1 is 1.08 bits per heavy atom. The highest BCUT2D eigenvalue weighted by molar-refractivity contribution is 5.96. The molecule has 0 aromatic rings. The van der Waals surface area contributed by atoms with Crippen LogP contribution in [0.5, 0.6) is 0 Å². The highest BCUT2D eigenvalue weighted by Crippen LogP contribution is 2.27. The SMILES string of the molecule is COC(=O)C(C(=O)OC)[C@H](C)[C@H](NC(=O)CC1CCCC1)C(=O)O. The van der Waals surface area contributed by atoms with E-state index in [1.165, 1.54) is 6.92 Å². The van der Waals surface area contributed by atoms with Crippen LogP contribution in [0.1, 0.15) is 39.0 Å². The molecular weight excluding hydrogens is 318 g/mol. The minimum Gasteiger partial charge on any atom is -0.480 e. The second-order valence-corrected chi connectivity index (χ2v) is 6.12. The van der Waals surface area contributed by atoms with E-state index in [1.807, 2.05) is 0 Å². The Kier molecular flexibility index (Phi) is 7.67. The quantitative estimate of drug-likeness (QED) is 0.492. The fourth-order valence-corrected chi connectivity index (χ4v) is 3.10. The lowest BCUT2D eigenvalue weighted by molar-refractivity contribution is -0.163. The molecule has 0 aromatic carbocycles. The van der Waals surface area contributed by atoms with Crippen molar-refractivity contribution in [1.29, 1.82) is 0 Å². The van der Waals surface area contributed by atoms with Crippen LogP contribution in [0.15, 0.2) is 0 Å². The lowest BCUT2D eigenvalue weighted by Gasteiger charge is -2.26. The number of carboxylic acid groups (broad SMARTS) is 1. The van der Waals surface area contributed by atoms with Crippen LogP contribution in [0.2, 0.25) is 0 Å². The second-order valence-electron chi connectivity index (χ2n) is 6.12. The number of methoxy groups -OCH3 is 2. The Labute approximate surface area is 140 Å². The number of hydrogen-bond donors (Lipinski definition) is 2. The summed E-state index contributed by atoms with van der Waals surface area (Å²) in [6.07, 6.45) is 4.30. The smallest absolute Gasteiger partial charge is 0.326 e. The van der Waals surface area contributed by atoms with Crippen LogP contribution in [0.3, 0.4) is 0 Å². The van der Waals surface area contributed by atoms with Crippen molar-refractivity contribution >= 4 is 23.8 Å². The molecule has 2 atom stereocenters. The summed E-state index contributed by atoms with van der Waals surface area (Å²) < 4.78 is 9.11. The van der Waals surface area contributed by atoms with E-state index in [0.717, 1.165) is 39.9 Å². The van der Waals surface area contributed by atoms with Gasteiger partial charge < -0.3 is 19.9 Å². The van der Waals surface area contributed by atoms with Gasteiger partial charge in [-0.15, -0.1) is 0 Å². The van der Waals surface area contributed by atoms with E-state index in [2.05, 4.69) is 14.8 Å². The molecule has 0 spiro atoms. The Hall–Kier alpha value is -2.12. The number of ether oxygens (including phenoxy) is 2. The molecule has 8 heteroatoms. The van der Waals surface area contributed by atoms with Crippen molar-refractivity contribution < 1.29 is 33.8 Å². The van der Waals surface area contributed by atoms with Crippen molar-refractivity contribution in [3.8, 4) is 0 Å². The van der Waals surface area contributed by atoms with Crippen LogP contribution in [-0.4, -0.2) is 49.2 Å². The number of carbonyl (C=O) groups is 4. The summed E-state index contributed by atoms with van der Waals surface area (Å²) >= 11 is 0. The first-order valence-corrected chi connectivity index (χ1v) is 7.99. The molecule has 0 bridgehead atoms. The molecule has 136 valence electrons. The summed E-state index contributed by atoms with van der Waals surface area (Å²) in [6, 6.07) is -1.39. The minimum absolute atomic E-state index is 0.248. The molecule has 0 aliphatic heterocycles. The van der Waals surface area contributed by atoms with Gasteiger partial charge in [-0.05, 0) is 18.8 Å². The average molecular weight is 343 g/mol. The maximum atomic E-state index is 12.1. The van der Waals surface area contributed by atoms with Gasteiger partial charge in [0.05, 0.1) is 14.2 Å². The van der Waals surface area contributed by atoms with Crippen molar-refractivity contribution in [2.24, 2.45) is 17.8 Å². The summed E-state index contributed by atoms with van der Waals surface area (Å²) in [7, 11) is 2.19. The zero-order valence-electron chi connectivity index (χ0n) is 14.2. The van der Waals surface area contributed by atoms with Gasteiger partial charge in [-0.1, -0.05) is 19.8 Å². The number of rotatable bonds is 8. The number of amides is 1. The van der Waals surface area contributed by atoms with E-state index in [9.17, 15) is 24.3 Å². The Balaban J connectivity index is 2.83. The normalized spacial score (nSPS) is 17.2. The molecule has 0 unspecified atom stereocenters. The van der Waals surface area contributed by atoms with Gasteiger partial charge in [-0.3, -0.25) is 14.4 Å². The van der Waals surface area contributed by atoms with Crippen molar-refractivity contribution in [2.75, 3.05) is 14.2 Å². The van der Waals surface area contributed by atoms with Gasteiger partial charge in [-0.2, -0.15) is 0 Å². The zero-order chi connectivity index (χ0) is 18.3. The van der Waals surface area contributed by atoms with Crippen LogP contribution >= 0.6 is 0 Å². The van der Waals surface area contributed by atoms with Crippen LogP contribution in [0, 0.1) is 17.8 Å².